The summed E-state index contributed by atoms with van der Waals surface area (Å²) in [6.45, 7) is 8.74. The molecule has 3 aromatic rings. The average Bonchev–Trinajstić information content (AvgIpc) is 3.83. The van der Waals surface area contributed by atoms with E-state index in [0.717, 1.165) is 48.7 Å². The number of hydrogen-bond acceptors (Lipinski definition) is 6. The highest BCUT2D eigenvalue weighted by molar-refractivity contribution is 5.71. The maximum atomic E-state index is 6.10. The summed E-state index contributed by atoms with van der Waals surface area (Å²) in [4.78, 5) is 0. The van der Waals surface area contributed by atoms with Crippen LogP contribution in [0.25, 0.3) is 22.3 Å². The van der Waals surface area contributed by atoms with E-state index in [-0.39, 0.29) is 24.8 Å². The molecule has 6 heteroatoms. The fraction of sp³-hybridized carbons (Fsp3) is 0.419. The van der Waals surface area contributed by atoms with Gasteiger partial charge in [-0.15, -0.1) is 0 Å². The predicted octanol–water partition coefficient (Wildman–Crippen LogP) is 6.25. The molecule has 37 heavy (non-hydrogen) atoms. The van der Waals surface area contributed by atoms with E-state index < -0.39 is 0 Å². The van der Waals surface area contributed by atoms with Crippen molar-refractivity contribution < 1.29 is 28.4 Å². The molecule has 0 radical (unpaired) electrons. The largest absolute Gasteiger partial charge is 0.465 e. The van der Waals surface area contributed by atoms with Gasteiger partial charge in [0.15, 0.2) is 12.6 Å². The van der Waals surface area contributed by atoms with E-state index in [0.29, 0.717) is 13.2 Å². The van der Waals surface area contributed by atoms with Gasteiger partial charge < -0.3 is 28.4 Å². The summed E-state index contributed by atoms with van der Waals surface area (Å²) in [5.74, 6) is 1.67. The summed E-state index contributed by atoms with van der Waals surface area (Å²) >= 11 is 0. The van der Waals surface area contributed by atoms with Gasteiger partial charge in [-0.2, -0.15) is 0 Å². The van der Waals surface area contributed by atoms with E-state index in [9.17, 15) is 0 Å². The first-order valence-corrected chi connectivity index (χ1v) is 13.2. The highest BCUT2D eigenvalue weighted by Gasteiger charge is 2.24. The van der Waals surface area contributed by atoms with Gasteiger partial charge in [-0.1, -0.05) is 55.8 Å². The van der Waals surface area contributed by atoms with E-state index in [1.165, 1.54) is 16.7 Å². The van der Waals surface area contributed by atoms with Crippen molar-refractivity contribution in [3.63, 3.8) is 0 Å². The zero-order chi connectivity index (χ0) is 25.6. The summed E-state index contributed by atoms with van der Waals surface area (Å²) in [7, 11) is 0. The van der Waals surface area contributed by atoms with Crippen molar-refractivity contribution in [2.75, 3.05) is 26.4 Å². The van der Waals surface area contributed by atoms with E-state index in [1.54, 1.807) is 0 Å². The van der Waals surface area contributed by atoms with Crippen molar-refractivity contribution in [2.45, 2.75) is 58.4 Å². The van der Waals surface area contributed by atoms with Gasteiger partial charge in [0.05, 0.1) is 26.4 Å². The average molecular weight is 505 g/mol. The highest BCUT2D eigenvalue weighted by Crippen LogP contribution is 2.31. The first-order valence-electron chi connectivity index (χ1n) is 13.2. The molecule has 2 aliphatic rings. The van der Waals surface area contributed by atoms with Crippen LogP contribution < -0.4 is 9.47 Å². The van der Waals surface area contributed by atoms with Crippen LogP contribution in [-0.2, 0) is 25.4 Å². The van der Waals surface area contributed by atoms with Crippen LogP contribution in [0.1, 0.15) is 32.8 Å². The maximum absolute atomic E-state index is 6.10. The Kier molecular flexibility index (Phi) is 8.41. The zero-order valence-corrected chi connectivity index (χ0v) is 21.9. The second kappa shape index (κ2) is 12.1. The van der Waals surface area contributed by atoms with Gasteiger partial charge in [-0.3, -0.25) is 0 Å². The molecule has 0 spiro atoms. The van der Waals surface area contributed by atoms with Gasteiger partial charge in [0.1, 0.15) is 23.7 Å². The molecule has 2 heterocycles. The van der Waals surface area contributed by atoms with Gasteiger partial charge in [0.25, 0.3) is 0 Å². The SMILES string of the molecule is CCCc1cc(-c2ccc(-c3ccc(OC(C)OCC4CO4)cc3)cc2)ccc1OC(C)OCC1CO1. The van der Waals surface area contributed by atoms with Crippen molar-refractivity contribution >= 4 is 0 Å². The number of aryl methyl sites for hydroxylation is 1. The monoisotopic (exact) mass is 504 g/mol. The van der Waals surface area contributed by atoms with Crippen LogP contribution in [0.5, 0.6) is 11.5 Å². The van der Waals surface area contributed by atoms with E-state index in [2.05, 4.69) is 61.5 Å². The molecule has 5 rings (SSSR count). The quantitative estimate of drug-likeness (QED) is 0.191. The van der Waals surface area contributed by atoms with Crippen LogP contribution in [0.2, 0.25) is 0 Å². The van der Waals surface area contributed by atoms with E-state index in [4.69, 9.17) is 28.4 Å². The maximum Gasteiger partial charge on any atom is 0.197 e. The Morgan fingerprint density at radius 3 is 1.73 bits per heavy atom. The van der Waals surface area contributed by atoms with Crippen molar-refractivity contribution in [2.24, 2.45) is 0 Å². The summed E-state index contributed by atoms with van der Waals surface area (Å²) in [5, 5.41) is 0. The number of benzene rings is 3. The van der Waals surface area contributed by atoms with E-state index >= 15 is 0 Å². The van der Waals surface area contributed by atoms with Crippen LogP contribution >= 0.6 is 0 Å². The highest BCUT2D eigenvalue weighted by atomic mass is 16.7. The number of rotatable bonds is 14. The lowest BCUT2D eigenvalue weighted by Crippen LogP contribution is -2.19. The third-order valence-corrected chi connectivity index (χ3v) is 6.42. The first kappa shape index (κ1) is 25.7. The van der Waals surface area contributed by atoms with Gasteiger partial charge in [-0.25, -0.2) is 0 Å². The molecule has 4 atom stereocenters. The second-order valence-corrected chi connectivity index (χ2v) is 9.62. The molecule has 2 saturated heterocycles. The van der Waals surface area contributed by atoms with Gasteiger partial charge in [-0.05, 0) is 72.4 Å². The minimum atomic E-state index is -0.310. The molecule has 0 N–H and O–H groups in total. The van der Waals surface area contributed by atoms with Crippen LogP contribution in [-0.4, -0.2) is 51.2 Å². The number of epoxide rings is 2. The normalized spacial score (nSPS) is 19.8. The molecule has 2 fully saturated rings. The topological polar surface area (TPSA) is 62.0 Å². The summed E-state index contributed by atoms with van der Waals surface area (Å²) in [6.07, 6.45) is 1.84. The zero-order valence-electron chi connectivity index (χ0n) is 21.9. The lowest BCUT2D eigenvalue weighted by molar-refractivity contribution is -0.0714. The van der Waals surface area contributed by atoms with Crippen LogP contribution in [0.15, 0.2) is 66.7 Å². The summed E-state index contributed by atoms with van der Waals surface area (Å²) in [6, 6.07) is 23.2. The Morgan fingerprint density at radius 2 is 1.19 bits per heavy atom. The number of ether oxygens (including phenoxy) is 6. The molecule has 6 nitrogen and oxygen atoms in total. The molecule has 0 aliphatic carbocycles. The lowest BCUT2D eigenvalue weighted by Gasteiger charge is -2.18. The fourth-order valence-electron chi connectivity index (χ4n) is 4.17. The molecule has 196 valence electrons. The third kappa shape index (κ3) is 7.55. The molecule has 3 aromatic carbocycles. The Hall–Kier alpha value is -2.90. The molecule has 0 aromatic heterocycles. The van der Waals surface area contributed by atoms with Crippen LogP contribution in [0.3, 0.4) is 0 Å². The van der Waals surface area contributed by atoms with Crippen molar-refractivity contribution in [3.05, 3.63) is 72.3 Å². The Labute approximate surface area is 219 Å². The van der Waals surface area contributed by atoms with Crippen molar-refractivity contribution in [1.29, 1.82) is 0 Å². The standard InChI is InChI=1S/C31H36O6/c1-4-5-27-16-26(12-15-31(27)37-22(3)33-18-30-20-35-30)25-8-6-23(7-9-25)24-10-13-28(14-11-24)36-21(2)32-17-29-19-34-29/h6-16,21-22,29-30H,4-5,17-20H2,1-3H3. The Morgan fingerprint density at radius 1 is 0.703 bits per heavy atom. The number of hydrogen-bond donors (Lipinski definition) is 0. The molecule has 0 amide bonds. The fourth-order valence-corrected chi connectivity index (χ4v) is 4.17. The Bertz CT molecular complexity index is 1140. The van der Waals surface area contributed by atoms with Crippen LogP contribution in [0.4, 0.5) is 0 Å². The van der Waals surface area contributed by atoms with Gasteiger partial charge in [0.2, 0.25) is 0 Å². The van der Waals surface area contributed by atoms with Gasteiger partial charge >= 0.3 is 0 Å². The summed E-state index contributed by atoms with van der Waals surface area (Å²) < 4.78 is 33.7. The molecular weight excluding hydrogens is 468 g/mol. The molecule has 0 saturated carbocycles. The lowest BCUT2D eigenvalue weighted by atomic mass is 9.97. The first-order chi connectivity index (χ1) is 18.1. The predicted molar refractivity (Wildman–Crippen MR) is 143 cm³/mol. The molecule has 4 unspecified atom stereocenters. The minimum absolute atomic E-state index is 0.230. The second-order valence-electron chi connectivity index (χ2n) is 9.62. The minimum Gasteiger partial charge on any atom is -0.465 e. The van der Waals surface area contributed by atoms with E-state index in [1.807, 2.05) is 26.0 Å². The third-order valence-electron chi connectivity index (χ3n) is 6.42. The smallest absolute Gasteiger partial charge is 0.197 e. The molecule has 0 bridgehead atoms. The van der Waals surface area contributed by atoms with Crippen molar-refractivity contribution in [3.8, 4) is 33.8 Å². The summed E-state index contributed by atoms with van der Waals surface area (Å²) in [5.41, 5.74) is 5.84. The van der Waals surface area contributed by atoms with Gasteiger partial charge in [0, 0.05) is 0 Å². The Balaban J connectivity index is 1.21. The molecule has 2 aliphatic heterocycles. The van der Waals surface area contributed by atoms with Crippen LogP contribution in [0, 0.1) is 0 Å². The van der Waals surface area contributed by atoms with Crippen molar-refractivity contribution in [1.82, 2.24) is 0 Å². The molecular formula is C31H36O6.